The highest BCUT2D eigenvalue weighted by molar-refractivity contribution is 5.78. The number of ether oxygens (including phenoxy) is 2. The highest BCUT2D eigenvalue weighted by Gasteiger charge is 2.20. The number of rotatable bonds is 4. The van der Waals surface area contributed by atoms with Gasteiger partial charge >= 0.3 is 0 Å². The number of amides is 1. The smallest absolute Gasteiger partial charge is 0.248 e. The van der Waals surface area contributed by atoms with Crippen molar-refractivity contribution in [3.63, 3.8) is 0 Å². The van der Waals surface area contributed by atoms with Crippen molar-refractivity contribution in [2.45, 2.75) is 19.6 Å². The molecule has 1 amide bonds. The van der Waals surface area contributed by atoms with Crippen molar-refractivity contribution in [1.82, 2.24) is 4.90 Å². The second kappa shape index (κ2) is 6.04. The molecule has 0 spiro atoms. The summed E-state index contributed by atoms with van der Waals surface area (Å²) in [4.78, 5) is 13.5. The maximum Gasteiger partial charge on any atom is 0.248 e. The maximum absolute atomic E-state index is 11.7. The Balaban J connectivity index is 2.21. The summed E-state index contributed by atoms with van der Waals surface area (Å²) < 4.78 is 10.4. The molecule has 1 fully saturated rings. The molecule has 0 aromatic heterocycles. The van der Waals surface area contributed by atoms with Crippen LogP contribution in [0.3, 0.4) is 0 Å². The van der Waals surface area contributed by atoms with Crippen LogP contribution in [0, 0.1) is 0 Å². The van der Waals surface area contributed by atoms with Crippen molar-refractivity contribution in [1.29, 1.82) is 0 Å². The van der Waals surface area contributed by atoms with Gasteiger partial charge in [-0.25, -0.2) is 0 Å². The summed E-state index contributed by atoms with van der Waals surface area (Å²) in [5.41, 5.74) is 1.72. The normalized spacial score (nSPS) is 17.4. The van der Waals surface area contributed by atoms with Crippen LogP contribution in [0.15, 0.2) is 18.2 Å². The highest BCUT2D eigenvalue weighted by atomic mass is 16.5. The van der Waals surface area contributed by atoms with Crippen LogP contribution in [0.2, 0.25) is 0 Å². The Morgan fingerprint density at radius 1 is 1.53 bits per heavy atom. The van der Waals surface area contributed by atoms with Crippen LogP contribution in [0.25, 0.3) is 0 Å². The van der Waals surface area contributed by atoms with Gasteiger partial charge in [-0.05, 0) is 24.6 Å². The molecule has 5 nitrogen and oxygen atoms in total. The number of aliphatic hydroxyl groups is 1. The summed E-state index contributed by atoms with van der Waals surface area (Å²) in [5.74, 6) is 0.708. The van der Waals surface area contributed by atoms with E-state index < -0.39 is 6.10 Å². The van der Waals surface area contributed by atoms with Gasteiger partial charge in [0.15, 0.2) is 0 Å². The van der Waals surface area contributed by atoms with E-state index in [1.165, 1.54) is 0 Å². The van der Waals surface area contributed by atoms with E-state index in [-0.39, 0.29) is 12.5 Å². The largest absolute Gasteiger partial charge is 0.496 e. The molecule has 0 radical (unpaired) electrons. The zero-order valence-electron chi connectivity index (χ0n) is 11.3. The molecule has 1 unspecified atom stereocenters. The third-order valence-corrected chi connectivity index (χ3v) is 3.23. The van der Waals surface area contributed by atoms with Gasteiger partial charge in [-0.1, -0.05) is 6.07 Å². The molecule has 104 valence electrons. The van der Waals surface area contributed by atoms with Crippen LogP contribution >= 0.6 is 0 Å². The standard InChI is InChI=1S/C14H19NO4/c1-10(16)11-3-4-13(18-2)12(7-11)8-15-5-6-19-9-14(15)17/h3-4,7,10,16H,5-6,8-9H2,1-2H3. The molecule has 1 aliphatic rings. The topological polar surface area (TPSA) is 59.0 Å². The lowest BCUT2D eigenvalue weighted by molar-refractivity contribution is -0.143. The molecule has 1 N–H and O–H groups in total. The van der Waals surface area contributed by atoms with E-state index >= 15 is 0 Å². The Hall–Kier alpha value is -1.59. The summed E-state index contributed by atoms with van der Waals surface area (Å²) in [7, 11) is 1.60. The highest BCUT2D eigenvalue weighted by Crippen LogP contribution is 2.25. The number of hydrogen-bond acceptors (Lipinski definition) is 4. The number of nitrogens with zero attached hydrogens (tertiary/aromatic N) is 1. The molecule has 0 saturated carbocycles. The number of aliphatic hydroxyl groups excluding tert-OH is 1. The molecule has 1 heterocycles. The fourth-order valence-electron chi connectivity index (χ4n) is 2.11. The lowest BCUT2D eigenvalue weighted by Gasteiger charge is -2.27. The second-order valence-corrected chi connectivity index (χ2v) is 4.62. The molecule has 0 aliphatic carbocycles. The number of carbonyl (C=O) groups excluding carboxylic acids is 1. The number of benzene rings is 1. The van der Waals surface area contributed by atoms with Crippen molar-refractivity contribution in [3.05, 3.63) is 29.3 Å². The third kappa shape index (κ3) is 3.24. The molecule has 19 heavy (non-hydrogen) atoms. The van der Waals surface area contributed by atoms with Crippen LogP contribution in [0.4, 0.5) is 0 Å². The van der Waals surface area contributed by atoms with E-state index in [0.717, 1.165) is 16.9 Å². The first-order chi connectivity index (χ1) is 9.11. The van der Waals surface area contributed by atoms with Crippen LogP contribution < -0.4 is 4.74 Å². The Morgan fingerprint density at radius 3 is 2.95 bits per heavy atom. The van der Waals surface area contributed by atoms with Gasteiger partial charge in [0.1, 0.15) is 12.4 Å². The zero-order valence-corrected chi connectivity index (χ0v) is 11.3. The van der Waals surface area contributed by atoms with Gasteiger partial charge < -0.3 is 19.5 Å². The molecular weight excluding hydrogens is 246 g/mol. The maximum atomic E-state index is 11.7. The fourth-order valence-corrected chi connectivity index (χ4v) is 2.11. The molecule has 1 aromatic carbocycles. The average molecular weight is 265 g/mol. The number of hydrogen-bond donors (Lipinski definition) is 1. The number of morpholine rings is 1. The van der Waals surface area contributed by atoms with Crippen LogP contribution in [0.5, 0.6) is 5.75 Å². The van der Waals surface area contributed by atoms with Gasteiger partial charge in [0.05, 0.1) is 19.8 Å². The van der Waals surface area contributed by atoms with Crippen LogP contribution in [-0.4, -0.2) is 42.8 Å². The Morgan fingerprint density at radius 2 is 2.32 bits per heavy atom. The summed E-state index contributed by atoms with van der Waals surface area (Å²) in [6.07, 6.45) is -0.537. The summed E-state index contributed by atoms with van der Waals surface area (Å²) >= 11 is 0. The molecule has 2 rings (SSSR count). The molecule has 0 bridgehead atoms. The minimum Gasteiger partial charge on any atom is -0.496 e. The molecule has 1 aromatic rings. The third-order valence-electron chi connectivity index (χ3n) is 3.23. The number of carbonyl (C=O) groups is 1. The van der Waals surface area contributed by atoms with Gasteiger partial charge in [-0.3, -0.25) is 4.79 Å². The molecule has 1 aliphatic heterocycles. The Kier molecular flexibility index (Phi) is 4.39. The van der Waals surface area contributed by atoms with E-state index in [2.05, 4.69) is 0 Å². The van der Waals surface area contributed by atoms with E-state index in [1.54, 1.807) is 18.9 Å². The van der Waals surface area contributed by atoms with E-state index in [9.17, 15) is 9.90 Å². The van der Waals surface area contributed by atoms with Crippen molar-refractivity contribution in [2.75, 3.05) is 26.9 Å². The molecule has 1 atom stereocenters. The predicted octanol–water partition coefficient (Wildman–Crippen LogP) is 1.11. The average Bonchev–Trinajstić information content (AvgIpc) is 2.41. The monoisotopic (exact) mass is 265 g/mol. The summed E-state index contributed by atoms with van der Waals surface area (Å²) in [6.45, 7) is 3.47. The van der Waals surface area contributed by atoms with Gasteiger partial charge in [0.25, 0.3) is 0 Å². The Labute approximate surface area is 112 Å². The molecular formula is C14H19NO4. The lowest BCUT2D eigenvalue weighted by Crippen LogP contribution is -2.41. The quantitative estimate of drug-likeness (QED) is 0.886. The first kappa shape index (κ1) is 13.8. The van der Waals surface area contributed by atoms with Crippen molar-refractivity contribution in [3.8, 4) is 5.75 Å². The SMILES string of the molecule is COc1ccc(C(C)O)cc1CN1CCOCC1=O. The predicted molar refractivity (Wildman–Crippen MR) is 69.9 cm³/mol. The van der Waals surface area contributed by atoms with Crippen molar-refractivity contribution in [2.24, 2.45) is 0 Å². The van der Waals surface area contributed by atoms with Gasteiger partial charge in [-0.2, -0.15) is 0 Å². The van der Waals surface area contributed by atoms with E-state index in [1.807, 2.05) is 18.2 Å². The van der Waals surface area contributed by atoms with Crippen molar-refractivity contribution >= 4 is 5.91 Å². The summed E-state index contributed by atoms with van der Waals surface area (Å²) in [6, 6.07) is 5.53. The Bertz CT molecular complexity index is 459. The first-order valence-electron chi connectivity index (χ1n) is 6.32. The van der Waals surface area contributed by atoms with Crippen molar-refractivity contribution < 1.29 is 19.4 Å². The summed E-state index contributed by atoms with van der Waals surface area (Å²) in [5, 5.41) is 9.63. The van der Waals surface area contributed by atoms with E-state index in [4.69, 9.17) is 9.47 Å². The molecule has 5 heteroatoms. The van der Waals surface area contributed by atoms with Gasteiger partial charge in [-0.15, -0.1) is 0 Å². The first-order valence-corrected chi connectivity index (χ1v) is 6.32. The van der Waals surface area contributed by atoms with Gasteiger partial charge in [0, 0.05) is 18.7 Å². The minimum atomic E-state index is -0.537. The zero-order chi connectivity index (χ0) is 13.8. The molecule has 1 saturated heterocycles. The van der Waals surface area contributed by atoms with Crippen LogP contribution in [0.1, 0.15) is 24.2 Å². The van der Waals surface area contributed by atoms with Crippen LogP contribution in [-0.2, 0) is 16.1 Å². The van der Waals surface area contributed by atoms with E-state index in [0.29, 0.717) is 19.7 Å². The number of methoxy groups -OCH3 is 1. The second-order valence-electron chi connectivity index (χ2n) is 4.62. The lowest BCUT2D eigenvalue weighted by atomic mass is 10.1. The fraction of sp³-hybridized carbons (Fsp3) is 0.500. The van der Waals surface area contributed by atoms with Gasteiger partial charge in [0.2, 0.25) is 5.91 Å². The minimum absolute atomic E-state index is 0.0178.